The first-order valence-electron chi connectivity index (χ1n) is 6.92. The molecule has 1 saturated carbocycles. The number of pyridine rings is 1. The van der Waals surface area contributed by atoms with Crippen LogP contribution in [0.1, 0.15) is 44.1 Å². The van der Waals surface area contributed by atoms with E-state index in [9.17, 15) is 0 Å². The Balaban J connectivity index is 2.02. The average molecular weight is 240 g/mol. The summed E-state index contributed by atoms with van der Waals surface area (Å²) in [6, 6.07) is 10.6. The van der Waals surface area contributed by atoms with Crippen LogP contribution in [0.15, 0.2) is 36.5 Å². The zero-order chi connectivity index (χ0) is 12.4. The van der Waals surface area contributed by atoms with Crippen molar-refractivity contribution in [3.05, 3.63) is 42.1 Å². The molecule has 1 aromatic heterocycles. The average Bonchev–Trinajstić information content (AvgIpc) is 2.64. The number of aromatic nitrogens is 1. The van der Waals surface area contributed by atoms with E-state index in [1.165, 1.54) is 36.6 Å². The van der Waals surface area contributed by atoms with Gasteiger partial charge in [0.25, 0.3) is 0 Å². The van der Waals surface area contributed by atoms with E-state index in [4.69, 9.17) is 5.73 Å². The molecule has 0 atom stereocenters. The first-order valence-corrected chi connectivity index (χ1v) is 6.92. The van der Waals surface area contributed by atoms with E-state index in [1.807, 2.05) is 12.3 Å². The molecular weight excluding hydrogens is 220 g/mol. The molecule has 2 heteroatoms. The molecule has 1 aliphatic rings. The van der Waals surface area contributed by atoms with Crippen molar-refractivity contribution in [1.29, 1.82) is 0 Å². The van der Waals surface area contributed by atoms with Gasteiger partial charge in [0.05, 0.1) is 5.52 Å². The molecule has 94 valence electrons. The monoisotopic (exact) mass is 240 g/mol. The summed E-state index contributed by atoms with van der Waals surface area (Å²) in [5.41, 5.74) is 8.83. The molecule has 1 aromatic carbocycles. The minimum atomic E-state index is -0.137. The van der Waals surface area contributed by atoms with Gasteiger partial charge in [-0.1, -0.05) is 43.9 Å². The number of hydrogen-bond acceptors (Lipinski definition) is 2. The Morgan fingerprint density at radius 2 is 1.78 bits per heavy atom. The molecule has 1 heterocycles. The highest BCUT2D eigenvalue weighted by atomic mass is 14.7. The largest absolute Gasteiger partial charge is 0.321 e. The maximum absolute atomic E-state index is 6.64. The van der Waals surface area contributed by atoms with Crippen molar-refractivity contribution < 1.29 is 0 Å². The molecule has 1 aliphatic carbocycles. The summed E-state index contributed by atoms with van der Waals surface area (Å²) in [7, 11) is 0. The fraction of sp³-hybridized carbons (Fsp3) is 0.438. The summed E-state index contributed by atoms with van der Waals surface area (Å²) in [5, 5.41) is 1.19. The molecule has 18 heavy (non-hydrogen) atoms. The van der Waals surface area contributed by atoms with E-state index < -0.39 is 0 Å². The molecule has 2 aromatic rings. The zero-order valence-electron chi connectivity index (χ0n) is 10.7. The number of hydrogen-bond donors (Lipinski definition) is 1. The molecule has 1 fully saturated rings. The van der Waals surface area contributed by atoms with Gasteiger partial charge in [-0.05, 0) is 30.5 Å². The van der Waals surface area contributed by atoms with Gasteiger partial charge in [-0.3, -0.25) is 4.98 Å². The van der Waals surface area contributed by atoms with Crippen LogP contribution < -0.4 is 5.73 Å². The van der Waals surface area contributed by atoms with E-state index in [-0.39, 0.29) is 5.54 Å². The van der Waals surface area contributed by atoms with E-state index in [1.54, 1.807) is 0 Å². The first kappa shape index (κ1) is 11.7. The van der Waals surface area contributed by atoms with Crippen molar-refractivity contribution in [2.45, 2.75) is 44.1 Å². The highest BCUT2D eigenvalue weighted by Gasteiger charge is 2.28. The van der Waals surface area contributed by atoms with Crippen LogP contribution in [0, 0.1) is 0 Å². The van der Waals surface area contributed by atoms with Crippen molar-refractivity contribution in [2.24, 2.45) is 5.73 Å². The molecule has 2 nitrogen and oxygen atoms in total. The second-order valence-electron chi connectivity index (χ2n) is 5.48. The highest BCUT2D eigenvalue weighted by molar-refractivity contribution is 5.79. The predicted molar refractivity (Wildman–Crippen MR) is 75.3 cm³/mol. The minimum Gasteiger partial charge on any atom is -0.321 e. The van der Waals surface area contributed by atoms with Crippen LogP contribution in [0.2, 0.25) is 0 Å². The van der Waals surface area contributed by atoms with Gasteiger partial charge in [0.1, 0.15) is 0 Å². The second-order valence-corrected chi connectivity index (χ2v) is 5.48. The summed E-state index contributed by atoms with van der Waals surface area (Å²) in [6.45, 7) is 0. The third-order valence-corrected chi connectivity index (χ3v) is 4.18. The maximum atomic E-state index is 6.64. The molecule has 0 radical (unpaired) electrons. The van der Waals surface area contributed by atoms with Gasteiger partial charge in [-0.2, -0.15) is 0 Å². The van der Waals surface area contributed by atoms with E-state index >= 15 is 0 Å². The van der Waals surface area contributed by atoms with Gasteiger partial charge in [0.15, 0.2) is 0 Å². The molecule has 3 rings (SSSR count). The van der Waals surface area contributed by atoms with Gasteiger partial charge >= 0.3 is 0 Å². The summed E-state index contributed by atoms with van der Waals surface area (Å²) in [5.74, 6) is 0. The third kappa shape index (κ3) is 2.13. The molecular formula is C16H20N2. The molecule has 0 spiro atoms. The Hall–Kier alpha value is -1.41. The van der Waals surface area contributed by atoms with E-state index in [2.05, 4.69) is 29.2 Å². The lowest BCUT2D eigenvalue weighted by Gasteiger charge is -2.28. The smallest absolute Gasteiger partial charge is 0.0705 e. The lowest BCUT2D eigenvalue weighted by atomic mass is 9.83. The van der Waals surface area contributed by atoms with Crippen LogP contribution in [0.25, 0.3) is 10.9 Å². The van der Waals surface area contributed by atoms with Crippen molar-refractivity contribution in [1.82, 2.24) is 4.98 Å². The lowest BCUT2D eigenvalue weighted by Crippen LogP contribution is -2.35. The Morgan fingerprint density at radius 1 is 1.00 bits per heavy atom. The summed E-state index contributed by atoms with van der Waals surface area (Å²) >= 11 is 0. The number of nitrogens with zero attached hydrogens (tertiary/aromatic N) is 1. The van der Waals surface area contributed by atoms with Crippen LogP contribution in [0.5, 0.6) is 0 Å². The standard InChI is InChI=1S/C16H20N2/c17-16(9-3-1-2-4-10-16)14-8-7-13-6-5-11-18-15(13)12-14/h5-8,11-12H,1-4,9-10,17H2. The Bertz CT molecular complexity index is 540. The highest BCUT2D eigenvalue weighted by Crippen LogP contribution is 2.34. The van der Waals surface area contributed by atoms with E-state index in [0.717, 1.165) is 18.4 Å². The van der Waals surface area contributed by atoms with Crippen molar-refractivity contribution in [3.8, 4) is 0 Å². The van der Waals surface area contributed by atoms with Gasteiger partial charge in [-0.25, -0.2) is 0 Å². The molecule has 0 bridgehead atoms. The quantitative estimate of drug-likeness (QED) is 0.771. The Labute approximate surface area is 108 Å². The number of benzene rings is 1. The number of nitrogens with two attached hydrogens (primary N) is 1. The summed E-state index contributed by atoms with van der Waals surface area (Å²) < 4.78 is 0. The third-order valence-electron chi connectivity index (χ3n) is 4.18. The van der Waals surface area contributed by atoms with Crippen LogP contribution in [-0.4, -0.2) is 4.98 Å². The number of rotatable bonds is 1. The van der Waals surface area contributed by atoms with Crippen LogP contribution in [0.3, 0.4) is 0 Å². The van der Waals surface area contributed by atoms with Crippen LogP contribution in [-0.2, 0) is 5.54 Å². The van der Waals surface area contributed by atoms with Gasteiger partial charge < -0.3 is 5.73 Å². The van der Waals surface area contributed by atoms with Crippen molar-refractivity contribution in [3.63, 3.8) is 0 Å². The molecule has 0 aliphatic heterocycles. The molecule has 0 unspecified atom stereocenters. The van der Waals surface area contributed by atoms with Gasteiger partial charge in [0.2, 0.25) is 0 Å². The fourth-order valence-corrected chi connectivity index (χ4v) is 3.02. The Morgan fingerprint density at radius 3 is 2.56 bits per heavy atom. The molecule has 0 amide bonds. The molecule has 0 saturated heterocycles. The maximum Gasteiger partial charge on any atom is 0.0705 e. The van der Waals surface area contributed by atoms with Gasteiger partial charge in [-0.15, -0.1) is 0 Å². The molecule has 2 N–H and O–H groups in total. The summed E-state index contributed by atoms with van der Waals surface area (Å²) in [4.78, 5) is 4.44. The number of fused-ring (bicyclic) bond motifs is 1. The van der Waals surface area contributed by atoms with E-state index in [0.29, 0.717) is 0 Å². The van der Waals surface area contributed by atoms with Crippen molar-refractivity contribution >= 4 is 10.9 Å². The summed E-state index contributed by atoms with van der Waals surface area (Å²) in [6.07, 6.45) is 9.20. The van der Waals surface area contributed by atoms with Crippen molar-refractivity contribution in [2.75, 3.05) is 0 Å². The predicted octanol–water partition coefficient (Wildman–Crippen LogP) is 3.74. The SMILES string of the molecule is NC1(c2ccc3cccnc3c2)CCCCCC1. The fourth-order valence-electron chi connectivity index (χ4n) is 3.02. The normalized spacial score (nSPS) is 19.6. The minimum absolute atomic E-state index is 0.137. The topological polar surface area (TPSA) is 38.9 Å². The van der Waals surface area contributed by atoms with Crippen LogP contribution >= 0.6 is 0 Å². The second kappa shape index (κ2) is 4.69. The Kier molecular flexibility index (Phi) is 3.04. The van der Waals surface area contributed by atoms with Crippen LogP contribution in [0.4, 0.5) is 0 Å². The lowest BCUT2D eigenvalue weighted by molar-refractivity contribution is 0.386. The first-order chi connectivity index (χ1) is 8.78. The zero-order valence-corrected chi connectivity index (χ0v) is 10.7. The van der Waals surface area contributed by atoms with Gasteiger partial charge in [0, 0.05) is 17.1 Å².